The van der Waals surface area contributed by atoms with Gasteiger partial charge in [-0.25, -0.2) is 4.98 Å². The van der Waals surface area contributed by atoms with Gasteiger partial charge in [0.1, 0.15) is 5.82 Å². The Balaban J connectivity index is 2.32. The fourth-order valence-electron chi connectivity index (χ4n) is 2.12. The molecule has 2 heteroatoms. The lowest BCUT2D eigenvalue weighted by Crippen LogP contribution is -1.95. The molecule has 0 unspecified atom stereocenters. The Morgan fingerprint density at radius 1 is 1.29 bits per heavy atom. The molecule has 14 heavy (non-hydrogen) atoms. The van der Waals surface area contributed by atoms with Crippen LogP contribution in [0.3, 0.4) is 0 Å². The first-order chi connectivity index (χ1) is 6.75. The van der Waals surface area contributed by atoms with Crippen molar-refractivity contribution in [2.24, 2.45) is 0 Å². The van der Waals surface area contributed by atoms with E-state index in [9.17, 15) is 0 Å². The van der Waals surface area contributed by atoms with Gasteiger partial charge in [-0.05, 0) is 44.4 Å². The molecule has 0 aliphatic heterocycles. The molecule has 2 aromatic rings. The maximum absolute atomic E-state index is 4.60. The summed E-state index contributed by atoms with van der Waals surface area (Å²) in [6.07, 6.45) is 2.64. The van der Waals surface area contributed by atoms with Gasteiger partial charge in [-0.1, -0.05) is 6.07 Å². The first-order valence-electron chi connectivity index (χ1n) is 5.21. The predicted octanol–water partition coefficient (Wildman–Crippen LogP) is 2.99. The number of hydrogen-bond donors (Lipinski definition) is 0. The third kappa shape index (κ3) is 1.07. The van der Waals surface area contributed by atoms with Crippen LogP contribution in [0.5, 0.6) is 0 Å². The Kier molecular flexibility index (Phi) is 1.49. The molecule has 3 rings (SSSR count). The van der Waals surface area contributed by atoms with Crippen LogP contribution in [0, 0.1) is 13.8 Å². The highest BCUT2D eigenvalue weighted by Gasteiger charge is 2.26. The van der Waals surface area contributed by atoms with E-state index < -0.39 is 0 Å². The van der Waals surface area contributed by atoms with Crippen LogP contribution in [0.4, 0.5) is 0 Å². The summed E-state index contributed by atoms with van der Waals surface area (Å²) in [6.45, 7) is 4.22. The molecule has 1 aromatic carbocycles. The molecule has 0 spiro atoms. The van der Waals surface area contributed by atoms with Crippen LogP contribution < -0.4 is 0 Å². The van der Waals surface area contributed by atoms with Crippen LogP contribution in [-0.4, -0.2) is 9.55 Å². The van der Waals surface area contributed by atoms with E-state index in [4.69, 9.17) is 0 Å². The SMILES string of the molecule is Cc1ccc2c(c1)nc(C)n2C1CC1. The normalized spacial score (nSPS) is 16.4. The Labute approximate surface area is 83.6 Å². The largest absolute Gasteiger partial charge is 0.325 e. The van der Waals surface area contributed by atoms with Crippen molar-refractivity contribution in [1.29, 1.82) is 0 Å². The van der Waals surface area contributed by atoms with Crippen molar-refractivity contribution in [3.05, 3.63) is 29.6 Å². The van der Waals surface area contributed by atoms with Crippen molar-refractivity contribution in [1.82, 2.24) is 9.55 Å². The molecule has 0 bridgehead atoms. The van der Waals surface area contributed by atoms with E-state index in [1.165, 1.54) is 23.9 Å². The van der Waals surface area contributed by atoms with Crippen molar-refractivity contribution in [3.8, 4) is 0 Å². The van der Waals surface area contributed by atoms with E-state index in [1.54, 1.807) is 0 Å². The Bertz CT molecular complexity index is 492. The maximum Gasteiger partial charge on any atom is 0.106 e. The molecule has 1 heterocycles. The fourth-order valence-corrected chi connectivity index (χ4v) is 2.12. The molecule has 1 aromatic heterocycles. The highest BCUT2D eigenvalue weighted by atomic mass is 15.1. The molecule has 1 fully saturated rings. The Hall–Kier alpha value is -1.31. The van der Waals surface area contributed by atoms with Gasteiger partial charge in [-0.15, -0.1) is 0 Å². The lowest BCUT2D eigenvalue weighted by Gasteiger charge is -2.03. The van der Waals surface area contributed by atoms with Gasteiger partial charge in [0.05, 0.1) is 11.0 Å². The van der Waals surface area contributed by atoms with Crippen molar-refractivity contribution in [2.45, 2.75) is 32.7 Å². The number of hydrogen-bond acceptors (Lipinski definition) is 1. The molecule has 0 amide bonds. The van der Waals surface area contributed by atoms with Gasteiger partial charge in [0, 0.05) is 6.04 Å². The minimum atomic E-state index is 0.725. The zero-order valence-electron chi connectivity index (χ0n) is 8.62. The summed E-state index contributed by atoms with van der Waals surface area (Å²) in [6, 6.07) is 7.26. The number of imidazole rings is 1. The van der Waals surface area contributed by atoms with Crippen LogP contribution in [-0.2, 0) is 0 Å². The second kappa shape index (κ2) is 2.59. The van der Waals surface area contributed by atoms with Crippen molar-refractivity contribution < 1.29 is 0 Å². The molecule has 1 saturated carbocycles. The van der Waals surface area contributed by atoms with Crippen LogP contribution in [0.25, 0.3) is 11.0 Å². The smallest absolute Gasteiger partial charge is 0.106 e. The number of fused-ring (bicyclic) bond motifs is 1. The molecule has 2 nitrogen and oxygen atoms in total. The molecule has 1 aliphatic carbocycles. The number of aryl methyl sites for hydroxylation is 2. The highest BCUT2D eigenvalue weighted by Crippen LogP contribution is 2.38. The predicted molar refractivity (Wildman–Crippen MR) is 57.5 cm³/mol. The number of benzene rings is 1. The van der Waals surface area contributed by atoms with Gasteiger partial charge >= 0.3 is 0 Å². The van der Waals surface area contributed by atoms with Crippen LogP contribution in [0.1, 0.15) is 30.3 Å². The average Bonchev–Trinajstić information content (AvgIpc) is 2.89. The van der Waals surface area contributed by atoms with E-state index in [2.05, 4.69) is 41.6 Å². The van der Waals surface area contributed by atoms with E-state index in [0.717, 1.165) is 17.4 Å². The Morgan fingerprint density at radius 3 is 2.79 bits per heavy atom. The van der Waals surface area contributed by atoms with E-state index in [0.29, 0.717) is 0 Å². The van der Waals surface area contributed by atoms with Crippen molar-refractivity contribution in [3.63, 3.8) is 0 Å². The van der Waals surface area contributed by atoms with Gasteiger partial charge in [-0.2, -0.15) is 0 Å². The van der Waals surface area contributed by atoms with E-state index in [1.807, 2.05) is 0 Å². The molecule has 72 valence electrons. The zero-order chi connectivity index (χ0) is 9.71. The molecular weight excluding hydrogens is 172 g/mol. The second-order valence-corrected chi connectivity index (χ2v) is 4.25. The summed E-state index contributed by atoms with van der Waals surface area (Å²) in [7, 11) is 0. The third-order valence-electron chi connectivity index (χ3n) is 2.93. The minimum Gasteiger partial charge on any atom is -0.325 e. The molecule has 1 aliphatic rings. The minimum absolute atomic E-state index is 0.725. The van der Waals surface area contributed by atoms with Gasteiger partial charge in [0.25, 0.3) is 0 Å². The third-order valence-corrected chi connectivity index (χ3v) is 2.93. The first-order valence-corrected chi connectivity index (χ1v) is 5.21. The van der Waals surface area contributed by atoms with Crippen LogP contribution in [0.15, 0.2) is 18.2 Å². The number of rotatable bonds is 1. The molecule has 0 saturated heterocycles. The summed E-state index contributed by atoms with van der Waals surface area (Å²) in [5.41, 5.74) is 3.74. The standard InChI is InChI=1S/C12H14N2/c1-8-3-6-12-11(7-8)13-9(2)14(12)10-4-5-10/h3,6-7,10H,4-5H2,1-2H3. The fraction of sp³-hybridized carbons (Fsp3) is 0.417. The Morgan fingerprint density at radius 2 is 2.07 bits per heavy atom. The number of aromatic nitrogens is 2. The monoisotopic (exact) mass is 186 g/mol. The van der Waals surface area contributed by atoms with Gasteiger partial charge < -0.3 is 4.57 Å². The molecule has 0 N–H and O–H groups in total. The van der Waals surface area contributed by atoms with Gasteiger partial charge in [0.15, 0.2) is 0 Å². The van der Waals surface area contributed by atoms with Gasteiger partial charge in [-0.3, -0.25) is 0 Å². The second-order valence-electron chi connectivity index (χ2n) is 4.25. The van der Waals surface area contributed by atoms with Crippen LogP contribution in [0.2, 0.25) is 0 Å². The summed E-state index contributed by atoms with van der Waals surface area (Å²) in [5, 5.41) is 0. The first kappa shape index (κ1) is 8.04. The van der Waals surface area contributed by atoms with Crippen LogP contribution >= 0.6 is 0 Å². The summed E-state index contributed by atoms with van der Waals surface area (Å²) in [4.78, 5) is 4.60. The average molecular weight is 186 g/mol. The summed E-state index contributed by atoms with van der Waals surface area (Å²) in [5.74, 6) is 1.16. The van der Waals surface area contributed by atoms with E-state index in [-0.39, 0.29) is 0 Å². The number of nitrogens with zero attached hydrogens (tertiary/aromatic N) is 2. The lowest BCUT2D eigenvalue weighted by atomic mass is 10.2. The van der Waals surface area contributed by atoms with Crippen molar-refractivity contribution in [2.75, 3.05) is 0 Å². The zero-order valence-corrected chi connectivity index (χ0v) is 8.62. The molecule has 0 atom stereocenters. The van der Waals surface area contributed by atoms with E-state index >= 15 is 0 Å². The molecule has 0 radical (unpaired) electrons. The quantitative estimate of drug-likeness (QED) is 0.669. The topological polar surface area (TPSA) is 17.8 Å². The van der Waals surface area contributed by atoms with Gasteiger partial charge in [0.2, 0.25) is 0 Å². The lowest BCUT2D eigenvalue weighted by molar-refractivity contribution is 0.734. The van der Waals surface area contributed by atoms with Crippen molar-refractivity contribution >= 4 is 11.0 Å². The highest BCUT2D eigenvalue weighted by molar-refractivity contribution is 5.77. The summed E-state index contributed by atoms with van der Waals surface area (Å²) >= 11 is 0. The maximum atomic E-state index is 4.60. The molecular formula is C12H14N2. The summed E-state index contributed by atoms with van der Waals surface area (Å²) < 4.78 is 2.38.